The number of nitrogens with zero attached hydrogens (tertiary/aromatic N) is 2. The molecule has 2 amide bonds. The minimum absolute atomic E-state index is 0.198. The third-order valence-electron chi connectivity index (χ3n) is 6.29. The fraction of sp³-hybridized carbons (Fsp3) is 0.440. The second-order valence-electron chi connectivity index (χ2n) is 8.61. The molecule has 1 atom stereocenters. The molecule has 2 aromatic carbocycles. The standard InChI is InChI=1S/C25H30B2N4O2S/c1-4-25(26,27)29-23(32)16-28-24(33)17-31(34-3)20-12-14-30(15-13-20)18(2)21-11-7-9-19-8-5-6-10-22(19)21/h1,5-11,18,20H,12-17H2,2-3H3,(H,28,33)(H,29,32). The summed E-state index contributed by atoms with van der Waals surface area (Å²) in [7, 11) is 11.0. The number of hydrogen-bond donors (Lipinski definition) is 2. The number of nitrogens with one attached hydrogen (secondary N) is 2. The molecule has 1 heterocycles. The normalized spacial score (nSPS) is 16.2. The number of rotatable bonds is 9. The van der Waals surface area contributed by atoms with Crippen LogP contribution in [0.5, 0.6) is 0 Å². The summed E-state index contributed by atoms with van der Waals surface area (Å²) < 4.78 is 2.09. The van der Waals surface area contributed by atoms with Crippen molar-refractivity contribution < 1.29 is 9.59 Å². The minimum Gasteiger partial charge on any atom is -0.355 e. The number of piperidine rings is 1. The highest BCUT2D eigenvalue weighted by atomic mass is 32.2. The maximum Gasteiger partial charge on any atom is 0.239 e. The minimum atomic E-state index is -1.73. The lowest BCUT2D eigenvalue weighted by Crippen LogP contribution is -2.52. The van der Waals surface area contributed by atoms with Crippen molar-refractivity contribution in [2.75, 3.05) is 32.4 Å². The molecule has 0 aromatic heterocycles. The first-order valence-corrected chi connectivity index (χ1v) is 12.6. The average molecular weight is 472 g/mol. The second kappa shape index (κ2) is 11.8. The maximum atomic E-state index is 12.4. The Balaban J connectivity index is 1.50. The molecule has 1 fully saturated rings. The molecule has 0 bridgehead atoms. The van der Waals surface area contributed by atoms with Gasteiger partial charge in [0.15, 0.2) is 0 Å². The molecule has 2 aromatic rings. The van der Waals surface area contributed by atoms with Crippen molar-refractivity contribution in [2.24, 2.45) is 0 Å². The monoisotopic (exact) mass is 472 g/mol. The van der Waals surface area contributed by atoms with E-state index in [1.54, 1.807) is 11.9 Å². The van der Waals surface area contributed by atoms with E-state index in [1.807, 2.05) is 6.26 Å². The maximum absolute atomic E-state index is 12.4. The Morgan fingerprint density at radius 3 is 2.56 bits per heavy atom. The van der Waals surface area contributed by atoms with Gasteiger partial charge in [0, 0.05) is 30.5 Å². The van der Waals surface area contributed by atoms with Gasteiger partial charge in [-0.15, -0.1) is 6.42 Å². The summed E-state index contributed by atoms with van der Waals surface area (Å²) in [6.07, 6.45) is 9.05. The van der Waals surface area contributed by atoms with Gasteiger partial charge in [-0.3, -0.25) is 14.5 Å². The van der Waals surface area contributed by atoms with Crippen LogP contribution in [0.15, 0.2) is 42.5 Å². The van der Waals surface area contributed by atoms with Crippen molar-refractivity contribution in [3.05, 3.63) is 48.0 Å². The van der Waals surface area contributed by atoms with Crippen LogP contribution in [0.1, 0.15) is 31.4 Å². The highest BCUT2D eigenvalue weighted by Gasteiger charge is 2.29. The first-order valence-electron chi connectivity index (χ1n) is 11.4. The Hall–Kier alpha value is -2.40. The van der Waals surface area contributed by atoms with Crippen molar-refractivity contribution in [1.82, 2.24) is 19.8 Å². The fourth-order valence-corrected chi connectivity index (χ4v) is 5.16. The van der Waals surface area contributed by atoms with Crippen LogP contribution in [-0.2, 0) is 9.59 Å². The summed E-state index contributed by atoms with van der Waals surface area (Å²) in [5, 5.41) is 5.71. The zero-order chi connectivity index (χ0) is 24.7. The van der Waals surface area contributed by atoms with Gasteiger partial charge >= 0.3 is 0 Å². The molecule has 9 heteroatoms. The zero-order valence-corrected chi connectivity index (χ0v) is 20.6. The smallest absolute Gasteiger partial charge is 0.239 e. The fourth-order valence-electron chi connectivity index (χ4n) is 4.40. The molecule has 1 aliphatic rings. The molecule has 6 nitrogen and oxygen atoms in total. The zero-order valence-electron chi connectivity index (χ0n) is 19.8. The van der Waals surface area contributed by atoms with Crippen molar-refractivity contribution in [3.8, 4) is 12.3 Å². The van der Waals surface area contributed by atoms with Crippen LogP contribution in [0, 0.1) is 12.3 Å². The number of likely N-dealkylation sites (tertiary alicyclic amines) is 1. The summed E-state index contributed by atoms with van der Waals surface area (Å²) in [4.78, 5) is 26.8. The van der Waals surface area contributed by atoms with Gasteiger partial charge in [0.2, 0.25) is 11.8 Å². The van der Waals surface area contributed by atoms with E-state index in [2.05, 4.69) is 75.1 Å². The third kappa shape index (κ3) is 6.82. The van der Waals surface area contributed by atoms with Crippen LogP contribution < -0.4 is 10.6 Å². The molecule has 34 heavy (non-hydrogen) atoms. The number of carbonyl (C=O) groups excluding carboxylic acids is 2. The van der Waals surface area contributed by atoms with Crippen LogP contribution >= 0.6 is 11.9 Å². The quantitative estimate of drug-likeness (QED) is 0.331. The Bertz CT molecular complexity index is 1050. The Labute approximate surface area is 209 Å². The van der Waals surface area contributed by atoms with E-state index in [4.69, 9.17) is 22.1 Å². The molecule has 3 rings (SSSR count). The van der Waals surface area contributed by atoms with E-state index in [0.29, 0.717) is 6.04 Å². The summed E-state index contributed by atoms with van der Waals surface area (Å²) in [5.41, 5.74) is 1.35. The van der Waals surface area contributed by atoms with Crippen molar-refractivity contribution in [3.63, 3.8) is 0 Å². The molecule has 2 N–H and O–H groups in total. The summed E-state index contributed by atoms with van der Waals surface area (Å²) >= 11 is 1.55. The Kier molecular flexibility index (Phi) is 9.12. The second-order valence-corrected chi connectivity index (χ2v) is 9.44. The van der Waals surface area contributed by atoms with Gasteiger partial charge in [0.05, 0.1) is 13.1 Å². The van der Waals surface area contributed by atoms with Gasteiger partial charge in [-0.25, -0.2) is 4.31 Å². The van der Waals surface area contributed by atoms with Crippen LogP contribution in [-0.4, -0.2) is 80.5 Å². The van der Waals surface area contributed by atoms with Gasteiger partial charge < -0.3 is 10.6 Å². The lowest BCUT2D eigenvalue weighted by Gasteiger charge is -2.40. The third-order valence-corrected chi connectivity index (χ3v) is 7.19. The van der Waals surface area contributed by atoms with E-state index < -0.39 is 11.2 Å². The van der Waals surface area contributed by atoms with Gasteiger partial charge in [0.1, 0.15) is 15.7 Å². The highest BCUT2D eigenvalue weighted by Crippen LogP contribution is 2.31. The molecule has 174 valence electrons. The summed E-state index contributed by atoms with van der Waals surface area (Å²) in [5.74, 6) is 1.29. The molecule has 1 saturated heterocycles. The Morgan fingerprint density at radius 1 is 1.21 bits per heavy atom. The Morgan fingerprint density at radius 2 is 1.88 bits per heavy atom. The topological polar surface area (TPSA) is 64.7 Å². The summed E-state index contributed by atoms with van der Waals surface area (Å²) in [6, 6.07) is 15.6. The molecule has 0 spiro atoms. The van der Waals surface area contributed by atoms with Crippen molar-refractivity contribution >= 4 is 50.2 Å². The molecule has 0 aliphatic carbocycles. The van der Waals surface area contributed by atoms with Crippen LogP contribution in [0.25, 0.3) is 10.8 Å². The molecule has 0 saturated carbocycles. The number of benzene rings is 2. The van der Waals surface area contributed by atoms with Crippen LogP contribution in [0.4, 0.5) is 0 Å². The van der Waals surface area contributed by atoms with E-state index in [1.165, 1.54) is 16.3 Å². The van der Waals surface area contributed by atoms with E-state index in [9.17, 15) is 9.59 Å². The summed E-state index contributed by atoms with van der Waals surface area (Å²) in [6.45, 7) is 4.14. The number of hydrogen-bond acceptors (Lipinski definition) is 5. The molecule has 1 unspecified atom stereocenters. The number of terminal acetylenes is 1. The number of carbonyl (C=O) groups is 2. The van der Waals surface area contributed by atoms with E-state index >= 15 is 0 Å². The van der Waals surface area contributed by atoms with Gasteiger partial charge in [-0.2, -0.15) is 0 Å². The molecule has 1 aliphatic heterocycles. The van der Waals surface area contributed by atoms with Gasteiger partial charge in [-0.05, 0) is 42.4 Å². The lowest BCUT2D eigenvalue weighted by molar-refractivity contribution is -0.126. The predicted molar refractivity (Wildman–Crippen MR) is 141 cm³/mol. The van der Waals surface area contributed by atoms with Gasteiger partial charge in [-0.1, -0.05) is 60.3 Å². The van der Waals surface area contributed by atoms with Crippen molar-refractivity contribution in [2.45, 2.75) is 37.2 Å². The first kappa shape index (κ1) is 26.2. The highest BCUT2D eigenvalue weighted by molar-refractivity contribution is 7.96. The van der Waals surface area contributed by atoms with Crippen LogP contribution in [0.3, 0.4) is 0 Å². The van der Waals surface area contributed by atoms with Gasteiger partial charge in [0.25, 0.3) is 0 Å². The average Bonchev–Trinajstić information content (AvgIpc) is 2.85. The first-order chi connectivity index (χ1) is 16.2. The predicted octanol–water partition coefficient (Wildman–Crippen LogP) is 1.80. The van der Waals surface area contributed by atoms with E-state index in [-0.39, 0.29) is 25.0 Å². The van der Waals surface area contributed by atoms with Crippen molar-refractivity contribution in [1.29, 1.82) is 0 Å². The number of fused-ring (bicyclic) bond motifs is 1. The molecular weight excluding hydrogens is 442 g/mol. The van der Waals surface area contributed by atoms with Crippen LogP contribution in [0.2, 0.25) is 0 Å². The molecular formula is C25H30B2N4O2S. The lowest BCUT2D eigenvalue weighted by atomic mass is 9.62. The largest absolute Gasteiger partial charge is 0.355 e. The van der Waals surface area contributed by atoms with E-state index in [0.717, 1.165) is 25.9 Å². The number of amides is 2. The molecule has 4 radical (unpaired) electrons. The SMILES string of the molecule is [B]C([B])(C#C)NC(=O)CNC(=O)CN(SC)C1CCN(C(C)c2cccc3ccccc23)CC1.